The Bertz CT molecular complexity index is 469. The molecule has 0 atom stereocenters. The first-order valence-electron chi connectivity index (χ1n) is 5.15. The summed E-state index contributed by atoms with van der Waals surface area (Å²) >= 11 is 4.45. The summed E-state index contributed by atoms with van der Waals surface area (Å²) in [6.07, 6.45) is 0. The maximum atomic E-state index is 12.2. The summed E-state index contributed by atoms with van der Waals surface area (Å²) < 4.78 is 9.61. The number of rotatable bonds is 5. The fourth-order valence-electron chi connectivity index (χ4n) is 1.23. The van der Waals surface area contributed by atoms with E-state index in [0.29, 0.717) is 9.35 Å². The van der Waals surface area contributed by atoms with Crippen LogP contribution < -0.4 is 0 Å². The SMILES string of the molecule is COC(=O)CN(CC(=O)OC)C(=O)c1sccc1Br. The molecular formula is C11H12BrNO5S. The molecule has 1 rings (SSSR count). The Morgan fingerprint density at radius 2 is 1.74 bits per heavy atom. The largest absolute Gasteiger partial charge is 0.468 e. The summed E-state index contributed by atoms with van der Waals surface area (Å²) in [6, 6.07) is 1.71. The molecule has 0 saturated carbocycles. The highest BCUT2D eigenvalue weighted by molar-refractivity contribution is 9.10. The first kappa shape index (κ1) is 15.6. The number of carbonyl (C=O) groups excluding carboxylic acids is 3. The Morgan fingerprint density at radius 1 is 1.21 bits per heavy atom. The smallest absolute Gasteiger partial charge is 0.325 e. The second-order valence-electron chi connectivity index (χ2n) is 3.41. The minimum atomic E-state index is -0.607. The van der Waals surface area contributed by atoms with Crippen LogP contribution in [0.4, 0.5) is 0 Å². The molecule has 1 amide bonds. The van der Waals surface area contributed by atoms with Gasteiger partial charge in [0.05, 0.1) is 14.2 Å². The van der Waals surface area contributed by atoms with E-state index in [-0.39, 0.29) is 13.1 Å². The van der Waals surface area contributed by atoms with Gasteiger partial charge in [0.2, 0.25) is 0 Å². The molecule has 1 aromatic heterocycles. The summed E-state index contributed by atoms with van der Waals surface area (Å²) in [5, 5.41) is 1.73. The van der Waals surface area contributed by atoms with Gasteiger partial charge in [-0.2, -0.15) is 0 Å². The van der Waals surface area contributed by atoms with Gasteiger partial charge in [0.25, 0.3) is 5.91 Å². The number of hydrogen-bond acceptors (Lipinski definition) is 6. The van der Waals surface area contributed by atoms with Crippen LogP contribution in [0.15, 0.2) is 15.9 Å². The lowest BCUT2D eigenvalue weighted by molar-refractivity contribution is -0.144. The molecule has 0 N–H and O–H groups in total. The predicted octanol–water partition coefficient (Wildman–Crippen LogP) is 1.30. The van der Waals surface area contributed by atoms with Crippen molar-refractivity contribution < 1.29 is 23.9 Å². The molecule has 0 aliphatic carbocycles. The van der Waals surface area contributed by atoms with Crippen LogP contribution in [0.5, 0.6) is 0 Å². The van der Waals surface area contributed by atoms with Crippen LogP contribution in [-0.2, 0) is 19.1 Å². The summed E-state index contributed by atoms with van der Waals surface area (Å²) in [5.41, 5.74) is 0. The number of amides is 1. The fraction of sp³-hybridized carbons (Fsp3) is 0.364. The van der Waals surface area contributed by atoms with E-state index in [4.69, 9.17) is 0 Å². The van der Waals surface area contributed by atoms with E-state index >= 15 is 0 Å². The lowest BCUT2D eigenvalue weighted by Gasteiger charge is -2.19. The Hall–Kier alpha value is -1.41. The van der Waals surface area contributed by atoms with Gasteiger partial charge in [0, 0.05) is 4.47 Å². The maximum Gasteiger partial charge on any atom is 0.325 e. The van der Waals surface area contributed by atoms with Gasteiger partial charge in [0.1, 0.15) is 18.0 Å². The van der Waals surface area contributed by atoms with Crippen LogP contribution in [-0.4, -0.2) is 50.1 Å². The van der Waals surface area contributed by atoms with Gasteiger partial charge in [-0.05, 0) is 27.4 Å². The molecule has 8 heteroatoms. The molecular weight excluding hydrogens is 338 g/mol. The summed E-state index contributed by atoms with van der Waals surface area (Å²) in [4.78, 5) is 36.3. The van der Waals surface area contributed by atoms with Crippen LogP contribution in [0.25, 0.3) is 0 Å². The monoisotopic (exact) mass is 349 g/mol. The molecule has 0 unspecified atom stereocenters. The van der Waals surface area contributed by atoms with Crippen LogP contribution in [0.2, 0.25) is 0 Å². The van der Waals surface area contributed by atoms with Gasteiger partial charge < -0.3 is 14.4 Å². The third kappa shape index (κ3) is 4.32. The van der Waals surface area contributed by atoms with Gasteiger partial charge in [-0.1, -0.05) is 0 Å². The first-order chi connectivity index (χ1) is 8.99. The molecule has 0 aliphatic heterocycles. The number of ether oxygens (including phenoxy) is 2. The normalized spacial score (nSPS) is 9.84. The molecule has 1 heterocycles. The summed E-state index contributed by atoms with van der Waals surface area (Å²) in [7, 11) is 2.42. The van der Waals surface area contributed by atoms with Crippen molar-refractivity contribution in [3.8, 4) is 0 Å². The molecule has 0 aliphatic rings. The third-order valence-electron chi connectivity index (χ3n) is 2.19. The zero-order valence-corrected chi connectivity index (χ0v) is 12.7. The Labute approximate surface area is 122 Å². The predicted molar refractivity (Wildman–Crippen MR) is 72.0 cm³/mol. The summed E-state index contributed by atoms with van der Waals surface area (Å²) in [5.74, 6) is -1.65. The van der Waals surface area contributed by atoms with Crippen LogP contribution in [0.1, 0.15) is 9.67 Å². The maximum absolute atomic E-state index is 12.2. The van der Waals surface area contributed by atoms with E-state index < -0.39 is 17.8 Å². The molecule has 19 heavy (non-hydrogen) atoms. The van der Waals surface area contributed by atoms with Gasteiger partial charge >= 0.3 is 11.9 Å². The van der Waals surface area contributed by atoms with E-state index in [0.717, 1.165) is 4.90 Å². The average Bonchev–Trinajstić information content (AvgIpc) is 2.82. The number of thiophene rings is 1. The van der Waals surface area contributed by atoms with Crippen molar-refractivity contribution >= 4 is 45.1 Å². The third-order valence-corrected chi connectivity index (χ3v) is 4.02. The zero-order valence-electron chi connectivity index (χ0n) is 10.3. The van der Waals surface area contributed by atoms with Gasteiger partial charge in [-0.15, -0.1) is 11.3 Å². The summed E-state index contributed by atoms with van der Waals surface area (Å²) in [6.45, 7) is -0.621. The zero-order chi connectivity index (χ0) is 14.4. The Kier molecular flexibility index (Phi) is 5.97. The van der Waals surface area contributed by atoms with Crippen molar-refractivity contribution in [3.05, 3.63) is 20.8 Å². The molecule has 0 bridgehead atoms. The first-order valence-corrected chi connectivity index (χ1v) is 6.82. The van der Waals surface area contributed by atoms with Crippen molar-refractivity contribution in [3.63, 3.8) is 0 Å². The number of halogens is 1. The molecule has 0 saturated heterocycles. The van der Waals surface area contributed by atoms with Gasteiger partial charge in [-0.25, -0.2) is 0 Å². The Morgan fingerprint density at radius 3 is 2.11 bits per heavy atom. The standard InChI is InChI=1S/C11H12BrNO5S/c1-17-8(14)5-13(6-9(15)18-2)11(16)10-7(12)3-4-19-10/h3-4H,5-6H2,1-2H3. The molecule has 6 nitrogen and oxygen atoms in total. The molecule has 0 radical (unpaired) electrons. The second kappa shape index (κ2) is 7.25. The van der Waals surface area contributed by atoms with Crippen molar-refractivity contribution in [1.82, 2.24) is 4.90 Å². The van der Waals surface area contributed by atoms with E-state index in [1.165, 1.54) is 25.6 Å². The lowest BCUT2D eigenvalue weighted by atomic mass is 10.3. The number of methoxy groups -OCH3 is 2. The quantitative estimate of drug-likeness (QED) is 0.749. The van der Waals surface area contributed by atoms with E-state index in [1.54, 1.807) is 11.4 Å². The highest BCUT2D eigenvalue weighted by Crippen LogP contribution is 2.24. The number of esters is 2. The molecule has 0 fully saturated rings. The highest BCUT2D eigenvalue weighted by Gasteiger charge is 2.24. The fourth-order valence-corrected chi connectivity index (χ4v) is 2.74. The van der Waals surface area contributed by atoms with Crippen molar-refractivity contribution in [2.75, 3.05) is 27.3 Å². The highest BCUT2D eigenvalue weighted by atomic mass is 79.9. The van der Waals surface area contributed by atoms with Crippen molar-refractivity contribution in [2.45, 2.75) is 0 Å². The molecule has 0 spiro atoms. The number of carbonyl (C=O) groups is 3. The minimum absolute atomic E-state index is 0.311. The topological polar surface area (TPSA) is 72.9 Å². The number of hydrogen-bond donors (Lipinski definition) is 0. The van der Waals surface area contributed by atoms with E-state index in [1.807, 2.05) is 0 Å². The van der Waals surface area contributed by atoms with Crippen molar-refractivity contribution in [2.24, 2.45) is 0 Å². The number of nitrogens with zero attached hydrogens (tertiary/aromatic N) is 1. The van der Waals surface area contributed by atoms with E-state index in [9.17, 15) is 14.4 Å². The van der Waals surface area contributed by atoms with Crippen LogP contribution in [0.3, 0.4) is 0 Å². The lowest BCUT2D eigenvalue weighted by Crippen LogP contribution is -2.40. The van der Waals surface area contributed by atoms with E-state index in [2.05, 4.69) is 25.4 Å². The minimum Gasteiger partial charge on any atom is -0.468 e. The van der Waals surface area contributed by atoms with Crippen LogP contribution >= 0.6 is 27.3 Å². The molecule has 0 aromatic carbocycles. The average molecular weight is 350 g/mol. The van der Waals surface area contributed by atoms with Crippen LogP contribution in [0, 0.1) is 0 Å². The van der Waals surface area contributed by atoms with Gasteiger partial charge in [0.15, 0.2) is 0 Å². The molecule has 1 aromatic rings. The Balaban J connectivity index is 2.89. The van der Waals surface area contributed by atoms with Gasteiger partial charge in [-0.3, -0.25) is 14.4 Å². The van der Waals surface area contributed by atoms with Crippen molar-refractivity contribution in [1.29, 1.82) is 0 Å². The second-order valence-corrected chi connectivity index (χ2v) is 5.18. The molecule has 104 valence electrons.